The summed E-state index contributed by atoms with van der Waals surface area (Å²) in [6, 6.07) is 15.8. The molecule has 0 spiro atoms. The minimum absolute atomic E-state index is 0.0654. The van der Waals surface area contributed by atoms with Crippen LogP contribution in [-0.4, -0.2) is 41.8 Å². The van der Waals surface area contributed by atoms with Crippen molar-refractivity contribution >= 4 is 17.2 Å². The van der Waals surface area contributed by atoms with Crippen molar-refractivity contribution in [2.24, 2.45) is 0 Å². The number of amides is 1. The number of thiophene rings is 1. The predicted molar refractivity (Wildman–Crippen MR) is 105 cm³/mol. The quantitative estimate of drug-likeness (QED) is 0.639. The summed E-state index contributed by atoms with van der Waals surface area (Å²) in [7, 11) is 0. The number of hydrogen-bond acceptors (Lipinski definition) is 5. The van der Waals surface area contributed by atoms with Gasteiger partial charge in [-0.05, 0) is 30.7 Å². The Morgan fingerprint density at radius 3 is 2.70 bits per heavy atom. The monoisotopic (exact) mass is 382 g/mol. The molecule has 0 atom stereocenters. The van der Waals surface area contributed by atoms with Crippen LogP contribution in [0.15, 0.2) is 58.4 Å². The van der Waals surface area contributed by atoms with E-state index in [1.807, 2.05) is 41.3 Å². The summed E-state index contributed by atoms with van der Waals surface area (Å²) in [5.41, 5.74) is 1.28. The zero-order chi connectivity index (χ0) is 18.5. The number of nitrogens with zero attached hydrogens (tertiary/aromatic N) is 2. The van der Waals surface area contributed by atoms with E-state index in [1.165, 1.54) is 4.88 Å². The van der Waals surface area contributed by atoms with Crippen LogP contribution in [0.2, 0.25) is 0 Å². The fourth-order valence-electron chi connectivity index (χ4n) is 3.39. The molecular weight excluding hydrogens is 360 g/mol. The smallest absolute Gasteiger partial charge is 0.276 e. The van der Waals surface area contributed by atoms with Crippen LogP contribution in [0, 0.1) is 0 Å². The molecule has 1 aromatic carbocycles. The van der Waals surface area contributed by atoms with E-state index in [0.717, 1.165) is 24.8 Å². The summed E-state index contributed by atoms with van der Waals surface area (Å²) in [6.45, 7) is 2.07. The number of benzene rings is 1. The lowest BCUT2D eigenvalue weighted by molar-refractivity contribution is 0.0288. The molecule has 0 aliphatic carbocycles. The van der Waals surface area contributed by atoms with E-state index in [9.17, 15) is 4.79 Å². The van der Waals surface area contributed by atoms with Gasteiger partial charge in [0.25, 0.3) is 5.91 Å². The van der Waals surface area contributed by atoms with Gasteiger partial charge in [-0.25, -0.2) is 0 Å². The van der Waals surface area contributed by atoms with Crippen LogP contribution in [0.5, 0.6) is 0 Å². The summed E-state index contributed by atoms with van der Waals surface area (Å²) in [6.07, 6.45) is 2.57. The van der Waals surface area contributed by atoms with Crippen LogP contribution in [-0.2, 0) is 11.2 Å². The third-order valence-corrected chi connectivity index (χ3v) is 5.80. The average Bonchev–Trinajstić information content (AvgIpc) is 3.42. The minimum Gasteiger partial charge on any atom is -0.381 e. The highest BCUT2D eigenvalue weighted by Gasteiger charge is 2.28. The molecule has 3 heterocycles. The van der Waals surface area contributed by atoms with Gasteiger partial charge in [-0.3, -0.25) is 4.79 Å². The van der Waals surface area contributed by atoms with Crippen molar-refractivity contribution in [2.45, 2.75) is 25.3 Å². The van der Waals surface area contributed by atoms with Gasteiger partial charge in [0, 0.05) is 42.3 Å². The van der Waals surface area contributed by atoms with E-state index in [2.05, 4.69) is 16.6 Å². The summed E-state index contributed by atoms with van der Waals surface area (Å²) in [5, 5.41) is 6.13. The van der Waals surface area contributed by atoms with E-state index in [0.29, 0.717) is 31.2 Å². The molecule has 0 N–H and O–H groups in total. The highest BCUT2D eigenvalue weighted by atomic mass is 32.1. The Hall–Kier alpha value is -2.44. The maximum atomic E-state index is 13.2. The molecule has 5 nitrogen and oxygen atoms in total. The SMILES string of the molecule is O=C(c1cc(-c2ccccc2)on1)N(CCc1cccs1)C1CCOCC1. The summed E-state index contributed by atoms with van der Waals surface area (Å²) >= 11 is 1.72. The fourth-order valence-corrected chi connectivity index (χ4v) is 4.09. The third-order valence-electron chi connectivity index (χ3n) is 4.86. The number of ether oxygens (including phenoxy) is 1. The van der Waals surface area contributed by atoms with E-state index in [-0.39, 0.29) is 11.9 Å². The van der Waals surface area contributed by atoms with Crippen molar-refractivity contribution in [3.63, 3.8) is 0 Å². The van der Waals surface area contributed by atoms with Crippen LogP contribution in [0.3, 0.4) is 0 Å². The van der Waals surface area contributed by atoms with Gasteiger partial charge >= 0.3 is 0 Å². The topological polar surface area (TPSA) is 55.6 Å². The Labute approximate surface area is 162 Å². The number of rotatable bonds is 6. The van der Waals surface area contributed by atoms with Crippen molar-refractivity contribution in [3.8, 4) is 11.3 Å². The molecule has 4 rings (SSSR count). The van der Waals surface area contributed by atoms with Gasteiger partial charge in [-0.1, -0.05) is 41.6 Å². The molecule has 0 bridgehead atoms. The number of carbonyl (C=O) groups excluding carboxylic acids is 1. The normalized spacial score (nSPS) is 15.0. The first-order valence-corrected chi connectivity index (χ1v) is 10.1. The van der Waals surface area contributed by atoms with Crippen LogP contribution in [0.25, 0.3) is 11.3 Å². The average molecular weight is 382 g/mol. The first-order chi connectivity index (χ1) is 13.3. The van der Waals surface area contributed by atoms with Crippen LogP contribution >= 0.6 is 11.3 Å². The van der Waals surface area contributed by atoms with Gasteiger partial charge in [0.1, 0.15) is 0 Å². The van der Waals surface area contributed by atoms with E-state index in [4.69, 9.17) is 9.26 Å². The van der Waals surface area contributed by atoms with Gasteiger partial charge in [0.2, 0.25) is 0 Å². The lowest BCUT2D eigenvalue weighted by atomic mass is 10.1. The maximum Gasteiger partial charge on any atom is 0.276 e. The van der Waals surface area contributed by atoms with Gasteiger partial charge in [0.15, 0.2) is 11.5 Å². The van der Waals surface area contributed by atoms with Gasteiger partial charge in [-0.15, -0.1) is 11.3 Å². The van der Waals surface area contributed by atoms with Crippen LogP contribution in [0.1, 0.15) is 28.2 Å². The first-order valence-electron chi connectivity index (χ1n) is 9.24. The van der Waals surface area contributed by atoms with Crippen molar-refractivity contribution in [1.82, 2.24) is 10.1 Å². The molecule has 6 heteroatoms. The molecule has 0 unspecified atom stereocenters. The molecule has 140 valence electrons. The lowest BCUT2D eigenvalue weighted by Gasteiger charge is -2.33. The summed E-state index contributed by atoms with van der Waals surface area (Å²) < 4.78 is 10.9. The van der Waals surface area contributed by atoms with Crippen molar-refractivity contribution in [2.75, 3.05) is 19.8 Å². The van der Waals surface area contributed by atoms with Crippen molar-refractivity contribution < 1.29 is 14.1 Å². The Balaban J connectivity index is 1.53. The molecule has 2 aromatic heterocycles. The zero-order valence-electron chi connectivity index (χ0n) is 15.0. The molecule has 1 amide bonds. The highest BCUT2D eigenvalue weighted by Crippen LogP contribution is 2.23. The molecule has 27 heavy (non-hydrogen) atoms. The second-order valence-corrected chi connectivity index (χ2v) is 7.65. The van der Waals surface area contributed by atoms with E-state index in [1.54, 1.807) is 17.4 Å². The minimum atomic E-state index is -0.0654. The number of aromatic nitrogens is 1. The predicted octanol–water partition coefficient (Wildman–Crippen LogP) is 4.27. The fraction of sp³-hybridized carbons (Fsp3) is 0.333. The van der Waals surface area contributed by atoms with E-state index >= 15 is 0 Å². The Morgan fingerprint density at radius 1 is 1.15 bits per heavy atom. The molecule has 0 saturated carbocycles. The van der Waals surface area contributed by atoms with Crippen LogP contribution < -0.4 is 0 Å². The Kier molecular flexibility index (Phi) is 5.65. The standard InChI is InChI=1S/C21H22N2O3S/c24-21(19-15-20(26-22-19)16-5-2-1-3-6-16)23(17-9-12-25-13-10-17)11-8-18-7-4-14-27-18/h1-7,14-15,17H,8-13H2. The Bertz CT molecular complexity index is 855. The highest BCUT2D eigenvalue weighted by molar-refractivity contribution is 7.09. The van der Waals surface area contributed by atoms with Crippen LogP contribution in [0.4, 0.5) is 0 Å². The zero-order valence-corrected chi connectivity index (χ0v) is 15.9. The van der Waals surface area contributed by atoms with Crippen molar-refractivity contribution in [3.05, 3.63) is 64.5 Å². The molecule has 1 saturated heterocycles. The molecule has 1 aliphatic heterocycles. The van der Waals surface area contributed by atoms with Gasteiger partial charge in [0.05, 0.1) is 0 Å². The van der Waals surface area contributed by atoms with Crippen molar-refractivity contribution in [1.29, 1.82) is 0 Å². The van der Waals surface area contributed by atoms with Gasteiger partial charge in [-0.2, -0.15) is 0 Å². The lowest BCUT2D eigenvalue weighted by Crippen LogP contribution is -2.44. The molecule has 1 aliphatic rings. The summed E-state index contributed by atoms with van der Waals surface area (Å²) in [4.78, 5) is 16.4. The van der Waals surface area contributed by atoms with E-state index < -0.39 is 0 Å². The molecular formula is C21H22N2O3S. The molecule has 0 radical (unpaired) electrons. The summed E-state index contributed by atoms with van der Waals surface area (Å²) in [5.74, 6) is 0.550. The first kappa shape index (κ1) is 17.9. The maximum absolute atomic E-state index is 13.2. The molecule has 3 aromatic rings. The Morgan fingerprint density at radius 2 is 1.96 bits per heavy atom. The second-order valence-electron chi connectivity index (χ2n) is 6.61. The molecule has 1 fully saturated rings. The van der Waals surface area contributed by atoms with Gasteiger partial charge < -0.3 is 14.2 Å². The number of carbonyl (C=O) groups is 1. The number of hydrogen-bond donors (Lipinski definition) is 0. The third kappa shape index (κ3) is 4.28. The second kappa shape index (κ2) is 8.50. The largest absolute Gasteiger partial charge is 0.381 e.